The molecule has 40 heavy (non-hydrogen) atoms. The minimum Gasteiger partial charge on any atom is -0.465 e. The summed E-state index contributed by atoms with van der Waals surface area (Å²) in [5.41, 5.74) is 10.8. The predicted octanol–water partition coefficient (Wildman–Crippen LogP) is 7.86. The molecule has 0 bridgehead atoms. The second-order valence-electron chi connectivity index (χ2n) is 10.3. The van der Waals surface area contributed by atoms with Gasteiger partial charge in [0, 0.05) is 11.1 Å². The van der Waals surface area contributed by atoms with E-state index in [1.54, 1.807) is 0 Å². The van der Waals surface area contributed by atoms with Crippen LogP contribution in [-0.4, -0.2) is 26.2 Å². The maximum absolute atomic E-state index is 13.6. The van der Waals surface area contributed by atoms with E-state index in [2.05, 4.69) is 38.1 Å². The van der Waals surface area contributed by atoms with Crippen molar-refractivity contribution in [2.75, 3.05) is 14.2 Å². The predicted molar refractivity (Wildman–Crippen MR) is 159 cm³/mol. The number of hydrogen-bond donors (Lipinski definition) is 0. The number of ether oxygens (including phenoxy) is 2. The molecule has 0 radical (unpaired) electrons. The molecule has 5 aromatic rings. The maximum atomic E-state index is 13.6. The Labute approximate surface area is 234 Å². The maximum Gasteiger partial charge on any atom is 0.339 e. The van der Waals surface area contributed by atoms with Crippen LogP contribution in [0.1, 0.15) is 54.1 Å². The van der Waals surface area contributed by atoms with Crippen LogP contribution in [0.5, 0.6) is 0 Å². The highest BCUT2D eigenvalue weighted by Gasteiger charge is 2.35. The molecule has 0 saturated heterocycles. The molecule has 0 unspecified atom stereocenters. The Morgan fingerprint density at radius 2 is 0.875 bits per heavy atom. The van der Waals surface area contributed by atoms with E-state index in [-0.39, 0.29) is 11.1 Å². The van der Waals surface area contributed by atoms with Crippen molar-refractivity contribution in [1.82, 2.24) is 0 Å². The van der Waals surface area contributed by atoms with Crippen LogP contribution in [-0.2, 0) is 22.3 Å². The Balaban J connectivity index is 1.81. The van der Waals surface area contributed by atoms with Crippen molar-refractivity contribution >= 4 is 22.7 Å². The highest BCUT2D eigenvalue weighted by Crippen LogP contribution is 2.47. The minimum absolute atomic E-state index is 0.247. The smallest absolute Gasteiger partial charge is 0.339 e. The van der Waals surface area contributed by atoms with Gasteiger partial charge in [0.2, 0.25) is 0 Å². The van der Waals surface area contributed by atoms with E-state index in [0.717, 1.165) is 33.4 Å². The van der Waals surface area contributed by atoms with Crippen LogP contribution in [0, 0.1) is 13.8 Å². The van der Waals surface area contributed by atoms with Crippen LogP contribution in [0.25, 0.3) is 33.0 Å². The molecule has 0 N–H and O–H groups in total. The zero-order chi connectivity index (χ0) is 28.0. The Morgan fingerprint density at radius 1 is 0.525 bits per heavy atom. The molecule has 0 aliphatic heterocycles. The van der Waals surface area contributed by atoms with Gasteiger partial charge in [-0.25, -0.2) is 9.59 Å². The molecule has 4 nitrogen and oxygen atoms in total. The monoisotopic (exact) mass is 526 g/mol. The van der Waals surface area contributed by atoms with E-state index in [0.29, 0.717) is 12.8 Å². The van der Waals surface area contributed by atoms with Crippen molar-refractivity contribution in [3.05, 3.63) is 129 Å². The van der Waals surface area contributed by atoms with E-state index < -0.39 is 11.9 Å². The molecule has 1 aliphatic carbocycles. The zero-order valence-electron chi connectivity index (χ0n) is 23.1. The molecule has 0 fully saturated rings. The van der Waals surface area contributed by atoms with Crippen LogP contribution < -0.4 is 0 Å². The molecule has 1 aliphatic rings. The molecular formula is C36H30O4. The lowest BCUT2D eigenvalue weighted by Crippen LogP contribution is -2.22. The number of methoxy groups -OCH3 is 2. The van der Waals surface area contributed by atoms with Gasteiger partial charge in [-0.05, 0) is 82.0 Å². The molecular weight excluding hydrogens is 496 g/mol. The number of carbonyl (C=O) groups excluding carboxylic acids is 2. The van der Waals surface area contributed by atoms with E-state index in [1.165, 1.54) is 47.2 Å². The number of esters is 2. The molecule has 0 amide bonds. The fourth-order valence-corrected chi connectivity index (χ4v) is 6.45. The molecule has 4 heteroatoms. The van der Waals surface area contributed by atoms with E-state index in [4.69, 9.17) is 9.47 Å². The molecule has 0 aromatic heterocycles. The molecule has 6 rings (SSSR count). The Kier molecular flexibility index (Phi) is 6.47. The summed E-state index contributed by atoms with van der Waals surface area (Å²) in [7, 11) is 2.71. The number of rotatable bonds is 4. The summed E-state index contributed by atoms with van der Waals surface area (Å²) in [6, 6.07) is 28.2. The summed E-state index contributed by atoms with van der Waals surface area (Å²) in [4.78, 5) is 27.3. The first-order valence-corrected chi connectivity index (χ1v) is 13.4. The lowest BCUT2D eigenvalue weighted by molar-refractivity contribution is 0.0556. The average molecular weight is 527 g/mol. The number of benzene rings is 5. The normalized spacial score (nSPS) is 12.0. The third-order valence-electron chi connectivity index (χ3n) is 8.33. The largest absolute Gasteiger partial charge is 0.465 e. The quantitative estimate of drug-likeness (QED) is 0.219. The Hall–Kier alpha value is -4.70. The molecule has 5 aromatic carbocycles. The van der Waals surface area contributed by atoms with Gasteiger partial charge in [-0.1, -0.05) is 84.9 Å². The van der Waals surface area contributed by atoms with Gasteiger partial charge in [0.25, 0.3) is 0 Å². The minimum atomic E-state index is -0.559. The standard InChI is InChI=1S/C36H30O4/c1-21-25-17-11-12-18-26(25)22(2)28-20-30-29(19-27(21)28)31(23-13-7-5-8-14-23)33(35(37)39-3)34(36(38)40-4)32(30)24-15-9-6-10-16-24/h5-18H,19-20H2,1-4H3. The van der Waals surface area contributed by atoms with Crippen molar-refractivity contribution in [2.45, 2.75) is 26.7 Å². The number of carbonyl (C=O) groups is 2. The van der Waals surface area contributed by atoms with Gasteiger partial charge in [-0.3, -0.25) is 0 Å². The van der Waals surface area contributed by atoms with Gasteiger partial charge in [0.15, 0.2) is 0 Å². The van der Waals surface area contributed by atoms with Crippen LogP contribution in [0.4, 0.5) is 0 Å². The van der Waals surface area contributed by atoms with Crippen LogP contribution >= 0.6 is 0 Å². The van der Waals surface area contributed by atoms with Gasteiger partial charge in [0.05, 0.1) is 25.3 Å². The zero-order valence-corrected chi connectivity index (χ0v) is 23.1. The number of fused-ring (bicyclic) bond motifs is 3. The van der Waals surface area contributed by atoms with Crippen molar-refractivity contribution in [2.24, 2.45) is 0 Å². The lowest BCUT2D eigenvalue weighted by Gasteiger charge is -2.31. The van der Waals surface area contributed by atoms with Gasteiger partial charge >= 0.3 is 11.9 Å². The van der Waals surface area contributed by atoms with Crippen LogP contribution in [0.2, 0.25) is 0 Å². The fraction of sp³-hybridized carbons (Fsp3) is 0.167. The van der Waals surface area contributed by atoms with Gasteiger partial charge in [-0.2, -0.15) is 0 Å². The molecule has 198 valence electrons. The Morgan fingerprint density at radius 3 is 1.23 bits per heavy atom. The van der Waals surface area contributed by atoms with E-state index >= 15 is 0 Å². The number of hydrogen-bond acceptors (Lipinski definition) is 4. The lowest BCUT2D eigenvalue weighted by atomic mass is 9.72. The van der Waals surface area contributed by atoms with Gasteiger partial charge in [-0.15, -0.1) is 0 Å². The second kappa shape index (κ2) is 10.1. The van der Waals surface area contributed by atoms with Crippen LogP contribution in [0.15, 0.2) is 84.9 Å². The van der Waals surface area contributed by atoms with Gasteiger partial charge < -0.3 is 9.47 Å². The first-order chi connectivity index (χ1) is 19.5. The SMILES string of the molecule is COC(=O)c1c(C(=O)OC)c(-c2ccccc2)c2c(c1-c1ccccc1)Cc1c(c(C)c3ccccc3c1C)C2. The summed E-state index contributed by atoms with van der Waals surface area (Å²) in [5.74, 6) is -1.12. The van der Waals surface area contributed by atoms with Crippen molar-refractivity contribution in [1.29, 1.82) is 0 Å². The van der Waals surface area contributed by atoms with E-state index in [9.17, 15) is 9.59 Å². The molecule has 0 spiro atoms. The topological polar surface area (TPSA) is 52.6 Å². The summed E-state index contributed by atoms with van der Waals surface area (Å²) in [5, 5.41) is 2.48. The van der Waals surface area contributed by atoms with Crippen molar-refractivity contribution in [3.8, 4) is 22.3 Å². The Bertz CT molecular complexity index is 1670. The highest BCUT2D eigenvalue weighted by atomic mass is 16.5. The molecule has 0 saturated carbocycles. The second-order valence-corrected chi connectivity index (χ2v) is 10.3. The number of aryl methyl sites for hydroxylation is 2. The average Bonchev–Trinajstić information content (AvgIpc) is 3.01. The summed E-state index contributed by atoms with van der Waals surface area (Å²) < 4.78 is 10.7. The van der Waals surface area contributed by atoms with Crippen molar-refractivity contribution < 1.29 is 19.1 Å². The highest BCUT2D eigenvalue weighted by molar-refractivity contribution is 6.13. The fourth-order valence-electron chi connectivity index (χ4n) is 6.45. The van der Waals surface area contributed by atoms with E-state index in [1.807, 2.05) is 60.7 Å². The summed E-state index contributed by atoms with van der Waals surface area (Å²) in [6.07, 6.45) is 1.27. The first-order valence-electron chi connectivity index (χ1n) is 13.4. The van der Waals surface area contributed by atoms with Crippen molar-refractivity contribution in [3.63, 3.8) is 0 Å². The summed E-state index contributed by atoms with van der Waals surface area (Å²) >= 11 is 0. The summed E-state index contributed by atoms with van der Waals surface area (Å²) in [6.45, 7) is 4.38. The molecule has 0 heterocycles. The third kappa shape index (κ3) is 3.91. The third-order valence-corrected chi connectivity index (χ3v) is 8.33. The van der Waals surface area contributed by atoms with Crippen LogP contribution in [0.3, 0.4) is 0 Å². The molecule has 0 atom stereocenters. The first kappa shape index (κ1) is 25.6. The van der Waals surface area contributed by atoms with Gasteiger partial charge in [0.1, 0.15) is 0 Å².